The van der Waals surface area contributed by atoms with Crippen molar-refractivity contribution < 1.29 is 10.2 Å². The fourth-order valence-corrected chi connectivity index (χ4v) is 1.88. The molecule has 0 aliphatic carbocycles. The van der Waals surface area contributed by atoms with Gasteiger partial charge in [0.2, 0.25) is 0 Å². The molecule has 0 aliphatic rings. The lowest BCUT2D eigenvalue weighted by atomic mass is 10.2. The quantitative estimate of drug-likeness (QED) is 0.794. The Morgan fingerprint density at radius 3 is 2.39 bits per heavy atom. The Labute approximate surface area is 111 Å². The van der Waals surface area contributed by atoms with Gasteiger partial charge in [-0.25, -0.2) is 0 Å². The highest BCUT2D eigenvalue weighted by Crippen LogP contribution is 2.26. The highest BCUT2D eigenvalue weighted by atomic mass is 35.5. The standard InChI is InChI=1S/C14H14ClNO2/c15-13-2-1-3-14(18)12(13)8-16-11-6-4-10(9-17)5-7-11/h1-7,16-18H,8-9H2. The summed E-state index contributed by atoms with van der Waals surface area (Å²) in [5, 5.41) is 22.3. The van der Waals surface area contributed by atoms with Crippen molar-refractivity contribution >= 4 is 17.3 Å². The van der Waals surface area contributed by atoms with Crippen molar-refractivity contribution in [3.8, 4) is 5.75 Å². The van der Waals surface area contributed by atoms with E-state index in [1.54, 1.807) is 18.2 Å². The molecule has 2 rings (SSSR count). The Kier molecular flexibility index (Phi) is 4.07. The molecule has 94 valence electrons. The number of benzene rings is 2. The van der Waals surface area contributed by atoms with E-state index >= 15 is 0 Å². The van der Waals surface area contributed by atoms with Gasteiger partial charge < -0.3 is 15.5 Å². The first-order valence-electron chi connectivity index (χ1n) is 5.60. The normalized spacial score (nSPS) is 10.3. The summed E-state index contributed by atoms with van der Waals surface area (Å²) in [5.41, 5.74) is 2.44. The van der Waals surface area contributed by atoms with Gasteiger partial charge in [-0.1, -0.05) is 29.8 Å². The van der Waals surface area contributed by atoms with Crippen molar-refractivity contribution in [3.05, 3.63) is 58.6 Å². The fraction of sp³-hybridized carbons (Fsp3) is 0.143. The van der Waals surface area contributed by atoms with E-state index in [9.17, 15) is 5.11 Å². The van der Waals surface area contributed by atoms with Gasteiger partial charge in [0.1, 0.15) is 5.75 Å². The predicted octanol–water partition coefficient (Wildman–Crippen LogP) is 3.15. The number of phenolic OH excluding ortho intramolecular Hbond substituents is 1. The van der Waals surface area contributed by atoms with Gasteiger partial charge in [-0.3, -0.25) is 0 Å². The number of nitrogens with one attached hydrogen (secondary N) is 1. The molecule has 3 N–H and O–H groups in total. The Morgan fingerprint density at radius 1 is 1.06 bits per heavy atom. The molecular weight excluding hydrogens is 250 g/mol. The van der Waals surface area contributed by atoms with E-state index in [1.807, 2.05) is 24.3 Å². The number of rotatable bonds is 4. The molecule has 4 heteroatoms. The SMILES string of the molecule is OCc1ccc(NCc2c(O)cccc2Cl)cc1. The van der Waals surface area contributed by atoms with E-state index in [2.05, 4.69) is 5.32 Å². The van der Waals surface area contributed by atoms with Crippen LogP contribution in [0.25, 0.3) is 0 Å². The van der Waals surface area contributed by atoms with Gasteiger partial charge in [-0.15, -0.1) is 0 Å². The number of aromatic hydroxyl groups is 1. The number of aliphatic hydroxyl groups excluding tert-OH is 1. The summed E-state index contributed by atoms with van der Waals surface area (Å²) in [7, 11) is 0. The molecule has 0 saturated carbocycles. The molecule has 0 spiro atoms. The maximum atomic E-state index is 9.69. The van der Waals surface area contributed by atoms with Crippen LogP contribution in [-0.4, -0.2) is 10.2 Å². The summed E-state index contributed by atoms with van der Waals surface area (Å²) in [4.78, 5) is 0. The molecule has 0 bridgehead atoms. The van der Waals surface area contributed by atoms with Crippen molar-refractivity contribution in [3.63, 3.8) is 0 Å². The minimum absolute atomic E-state index is 0.0333. The van der Waals surface area contributed by atoms with Crippen molar-refractivity contribution in [2.75, 3.05) is 5.32 Å². The minimum atomic E-state index is 0.0333. The minimum Gasteiger partial charge on any atom is -0.508 e. The highest BCUT2D eigenvalue weighted by molar-refractivity contribution is 6.31. The third-order valence-corrected chi connectivity index (χ3v) is 3.05. The second kappa shape index (κ2) is 5.76. The van der Waals surface area contributed by atoms with Crippen LogP contribution >= 0.6 is 11.6 Å². The zero-order valence-electron chi connectivity index (χ0n) is 9.73. The second-order valence-electron chi connectivity index (χ2n) is 3.95. The first kappa shape index (κ1) is 12.7. The van der Waals surface area contributed by atoms with Gasteiger partial charge in [0.15, 0.2) is 0 Å². The number of hydrogen-bond acceptors (Lipinski definition) is 3. The van der Waals surface area contributed by atoms with Crippen LogP contribution in [0.2, 0.25) is 5.02 Å². The summed E-state index contributed by atoms with van der Waals surface area (Å²) in [6, 6.07) is 12.5. The van der Waals surface area contributed by atoms with Crippen LogP contribution in [0, 0.1) is 0 Å². The lowest BCUT2D eigenvalue weighted by molar-refractivity contribution is 0.282. The van der Waals surface area contributed by atoms with E-state index in [4.69, 9.17) is 16.7 Å². The largest absolute Gasteiger partial charge is 0.508 e. The maximum Gasteiger partial charge on any atom is 0.122 e. The Balaban J connectivity index is 2.06. The Hall–Kier alpha value is -1.71. The summed E-state index contributed by atoms with van der Waals surface area (Å²) in [6.45, 7) is 0.482. The summed E-state index contributed by atoms with van der Waals surface area (Å²) in [5.74, 6) is 0.182. The molecule has 0 fully saturated rings. The molecule has 0 unspecified atom stereocenters. The molecule has 0 aliphatic heterocycles. The zero-order valence-corrected chi connectivity index (χ0v) is 10.5. The molecule has 3 nitrogen and oxygen atoms in total. The third kappa shape index (κ3) is 2.94. The first-order chi connectivity index (χ1) is 8.70. The van der Waals surface area contributed by atoms with Crippen LogP contribution in [0.15, 0.2) is 42.5 Å². The summed E-state index contributed by atoms with van der Waals surface area (Å²) < 4.78 is 0. The van der Waals surface area contributed by atoms with Crippen molar-refractivity contribution in [2.45, 2.75) is 13.2 Å². The first-order valence-corrected chi connectivity index (χ1v) is 5.98. The number of anilines is 1. The van der Waals surface area contributed by atoms with Gasteiger partial charge in [0, 0.05) is 22.8 Å². The predicted molar refractivity (Wildman–Crippen MR) is 72.8 cm³/mol. The molecule has 0 saturated heterocycles. The van der Waals surface area contributed by atoms with Crippen LogP contribution in [0.5, 0.6) is 5.75 Å². The average Bonchev–Trinajstić information content (AvgIpc) is 2.39. The van der Waals surface area contributed by atoms with Crippen LogP contribution < -0.4 is 5.32 Å². The van der Waals surface area contributed by atoms with Crippen LogP contribution in [0.4, 0.5) is 5.69 Å². The Morgan fingerprint density at radius 2 is 1.78 bits per heavy atom. The third-order valence-electron chi connectivity index (χ3n) is 2.70. The van der Waals surface area contributed by atoms with Crippen molar-refractivity contribution in [1.82, 2.24) is 0 Å². The molecule has 0 radical (unpaired) electrons. The number of phenols is 1. The van der Waals surface area contributed by atoms with E-state index in [-0.39, 0.29) is 12.4 Å². The van der Waals surface area contributed by atoms with Crippen molar-refractivity contribution in [2.24, 2.45) is 0 Å². The molecule has 0 amide bonds. The van der Waals surface area contributed by atoms with Crippen molar-refractivity contribution in [1.29, 1.82) is 0 Å². The van der Waals surface area contributed by atoms with Gasteiger partial charge in [0.05, 0.1) is 6.61 Å². The molecule has 2 aromatic rings. The second-order valence-corrected chi connectivity index (χ2v) is 4.35. The van der Waals surface area contributed by atoms with Gasteiger partial charge >= 0.3 is 0 Å². The Bertz CT molecular complexity index is 506. The van der Waals surface area contributed by atoms with E-state index in [1.165, 1.54) is 0 Å². The van der Waals surface area contributed by atoms with Gasteiger partial charge in [0.25, 0.3) is 0 Å². The lowest BCUT2D eigenvalue weighted by Crippen LogP contribution is -2.00. The lowest BCUT2D eigenvalue weighted by Gasteiger charge is -2.10. The average molecular weight is 264 g/mol. The number of aliphatic hydroxyl groups is 1. The van der Waals surface area contributed by atoms with E-state index < -0.39 is 0 Å². The molecule has 0 heterocycles. The number of halogens is 1. The molecule has 2 aromatic carbocycles. The molecule has 0 aromatic heterocycles. The molecule has 18 heavy (non-hydrogen) atoms. The molecule has 0 atom stereocenters. The highest BCUT2D eigenvalue weighted by Gasteiger charge is 2.05. The smallest absolute Gasteiger partial charge is 0.122 e. The van der Waals surface area contributed by atoms with Crippen LogP contribution in [0.3, 0.4) is 0 Å². The maximum absolute atomic E-state index is 9.69. The van der Waals surface area contributed by atoms with Gasteiger partial charge in [-0.2, -0.15) is 0 Å². The van der Waals surface area contributed by atoms with E-state index in [0.717, 1.165) is 11.3 Å². The van der Waals surface area contributed by atoms with Gasteiger partial charge in [-0.05, 0) is 29.8 Å². The fourth-order valence-electron chi connectivity index (χ4n) is 1.64. The molecular formula is C14H14ClNO2. The summed E-state index contributed by atoms with van der Waals surface area (Å²) in [6.07, 6.45) is 0. The van der Waals surface area contributed by atoms with E-state index in [0.29, 0.717) is 17.1 Å². The number of hydrogen-bond donors (Lipinski definition) is 3. The monoisotopic (exact) mass is 263 g/mol. The zero-order chi connectivity index (χ0) is 13.0. The topological polar surface area (TPSA) is 52.5 Å². The summed E-state index contributed by atoms with van der Waals surface area (Å²) >= 11 is 6.01. The van der Waals surface area contributed by atoms with Crippen LogP contribution in [-0.2, 0) is 13.2 Å². The van der Waals surface area contributed by atoms with Crippen LogP contribution in [0.1, 0.15) is 11.1 Å².